The number of benzene rings is 1. The molecule has 1 aromatic rings. The predicted octanol–water partition coefficient (Wildman–Crippen LogP) is 3.43. The molecule has 0 spiro atoms. The summed E-state index contributed by atoms with van der Waals surface area (Å²) in [6.07, 6.45) is 5.36. The Balaban J connectivity index is 1.46. The van der Waals surface area contributed by atoms with E-state index in [-0.39, 0.29) is 0 Å². The second-order valence-electron chi connectivity index (χ2n) is 5.72. The fraction of sp³-hybridized carbons (Fsp3) is 0.625. The van der Waals surface area contributed by atoms with Crippen LogP contribution in [0.25, 0.3) is 0 Å². The summed E-state index contributed by atoms with van der Waals surface area (Å²) in [7, 11) is 1.72. The second kappa shape index (κ2) is 6.19. The largest absolute Gasteiger partial charge is 0.497 e. The van der Waals surface area contributed by atoms with Crippen molar-refractivity contribution in [3.63, 3.8) is 0 Å². The summed E-state index contributed by atoms with van der Waals surface area (Å²) in [6.45, 7) is 0. The molecular formula is C16H23NOS. The Bertz CT molecular complexity index is 394. The van der Waals surface area contributed by atoms with E-state index in [2.05, 4.69) is 41.3 Å². The van der Waals surface area contributed by atoms with Crippen LogP contribution in [-0.4, -0.2) is 30.7 Å². The van der Waals surface area contributed by atoms with Gasteiger partial charge in [-0.05, 0) is 55.1 Å². The van der Waals surface area contributed by atoms with Crippen LogP contribution in [0.4, 0.5) is 0 Å². The van der Waals surface area contributed by atoms with Gasteiger partial charge in [0, 0.05) is 17.8 Å². The molecule has 3 rings (SSSR count). The van der Waals surface area contributed by atoms with Crippen molar-refractivity contribution in [1.82, 2.24) is 5.32 Å². The van der Waals surface area contributed by atoms with Crippen LogP contribution in [0.2, 0.25) is 0 Å². The number of hydrogen-bond donors (Lipinski definition) is 1. The van der Waals surface area contributed by atoms with Crippen LogP contribution in [-0.2, 0) is 0 Å². The number of thioether (sulfide) groups is 1. The highest BCUT2D eigenvalue weighted by Gasteiger charge is 2.31. The van der Waals surface area contributed by atoms with Gasteiger partial charge in [-0.1, -0.05) is 12.1 Å². The van der Waals surface area contributed by atoms with Crippen LogP contribution in [0.15, 0.2) is 24.3 Å². The lowest BCUT2D eigenvalue weighted by Crippen LogP contribution is -2.47. The fourth-order valence-electron chi connectivity index (χ4n) is 3.11. The molecule has 1 aliphatic carbocycles. The van der Waals surface area contributed by atoms with E-state index < -0.39 is 0 Å². The molecule has 3 heteroatoms. The van der Waals surface area contributed by atoms with E-state index in [1.165, 1.54) is 42.8 Å². The van der Waals surface area contributed by atoms with Gasteiger partial charge in [-0.25, -0.2) is 0 Å². The van der Waals surface area contributed by atoms with Crippen LogP contribution >= 0.6 is 11.8 Å². The molecule has 0 aromatic heterocycles. The Morgan fingerprint density at radius 2 is 1.95 bits per heavy atom. The first-order chi connectivity index (χ1) is 9.35. The van der Waals surface area contributed by atoms with Gasteiger partial charge >= 0.3 is 0 Å². The molecule has 2 aliphatic rings. The van der Waals surface area contributed by atoms with Gasteiger partial charge in [0.2, 0.25) is 0 Å². The van der Waals surface area contributed by atoms with Gasteiger partial charge < -0.3 is 10.1 Å². The monoisotopic (exact) mass is 277 g/mol. The summed E-state index contributed by atoms with van der Waals surface area (Å²) in [5.74, 6) is 4.37. The molecule has 1 saturated carbocycles. The molecule has 1 unspecified atom stereocenters. The minimum Gasteiger partial charge on any atom is -0.497 e. The van der Waals surface area contributed by atoms with Gasteiger partial charge in [0.15, 0.2) is 0 Å². The van der Waals surface area contributed by atoms with E-state index in [9.17, 15) is 0 Å². The molecule has 1 saturated heterocycles. The maximum Gasteiger partial charge on any atom is 0.118 e. The average Bonchev–Trinajstić information content (AvgIpc) is 2.44. The zero-order valence-corrected chi connectivity index (χ0v) is 12.4. The van der Waals surface area contributed by atoms with Gasteiger partial charge in [-0.15, -0.1) is 0 Å². The lowest BCUT2D eigenvalue weighted by Gasteiger charge is -2.39. The third kappa shape index (κ3) is 3.26. The van der Waals surface area contributed by atoms with Gasteiger partial charge in [-0.3, -0.25) is 0 Å². The van der Waals surface area contributed by atoms with E-state index in [1.54, 1.807) is 7.11 Å². The van der Waals surface area contributed by atoms with Crippen LogP contribution in [0.5, 0.6) is 5.75 Å². The maximum absolute atomic E-state index is 5.21. The van der Waals surface area contributed by atoms with Gasteiger partial charge in [-0.2, -0.15) is 11.8 Å². The highest BCUT2D eigenvalue weighted by molar-refractivity contribution is 7.99. The maximum atomic E-state index is 5.21. The topological polar surface area (TPSA) is 21.3 Å². The van der Waals surface area contributed by atoms with E-state index >= 15 is 0 Å². The summed E-state index contributed by atoms with van der Waals surface area (Å²) >= 11 is 2.10. The van der Waals surface area contributed by atoms with Gasteiger partial charge in [0.1, 0.15) is 5.75 Å². The summed E-state index contributed by atoms with van der Waals surface area (Å²) in [4.78, 5) is 0. The van der Waals surface area contributed by atoms with Crippen molar-refractivity contribution in [3.05, 3.63) is 29.8 Å². The number of rotatable bonds is 4. The quantitative estimate of drug-likeness (QED) is 0.911. The Morgan fingerprint density at radius 3 is 2.58 bits per heavy atom. The first kappa shape index (κ1) is 13.3. The molecule has 1 heterocycles. The summed E-state index contributed by atoms with van der Waals surface area (Å²) in [5, 5.41) is 3.83. The van der Waals surface area contributed by atoms with Crippen molar-refractivity contribution >= 4 is 11.8 Å². The SMILES string of the molecule is COc1ccc(C2CC(NC3CCCSC3)C2)cc1. The zero-order chi connectivity index (χ0) is 13.1. The van der Waals surface area contributed by atoms with Crippen molar-refractivity contribution in [3.8, 4) is 5.75 Å². The van der Waals surface area contributed by atoms with E-state index in [1.807, 2.05) is 0 Å². The highest BCUT2D eigenvalue weighted by atomic mass is 32.2. The van der Waals surface area contributed by atoms with E-state index in [0.717, 1.165) is 23.8 Å². The predicted molar refractivity (Wildman–Crippen MR) is 82.2 cm³/mol. The van der Waals surface area contributed by atoms with Crippen molar-refractivity contribution in [2.24, 2.45) is 0 Å². The van der Waals surface area contributed by atoms with Gasteiger partial charge in [0.05, 0.1) is 7.11 Å². The van der Waals surface area contributed by atoms with Crippen LogP contribution < -0.4 is 10.1 Å². The van der Waals surface area contributed by atoms with Crippen molar-refractivity contribution in [2.75, 3.05) is 18.6 Å². The second-order valence-corrected chi connectivity index (χ2v) is 6.87. The Labute approximate surface area is 120 Å². The van der Waals surface area contributed by atoms with Crippen molar-refractivity contribution in [1.29, 1.82) is 0 Å². The molecule has 1 atom stereocenters. The lowest BCUT2D eigenvalue weighted by atomic mass is 9.75. The lowest BCUT2D eigenvalue weighted by molar-refractivity contribution is 0.265. The molecule has 1 aliphatic heterocycles. The zero-order valence-electron chi connectivity index (χ0n) is 11.6. The molecule has 0 radical (unpaired) electrons. The Kier molecular flexibility index (Phi) is 4.34. The average molecular weight is 277 g/mol. The standard InChI is InChI=1S/C16H23NOS/c1-18-16-6-4-12(5-7-16)13-9-15(10-13)17-14-3-2-8-19-11-14/h4-7,13-15,17H,2-3,8-11H2,1H3. The third-order valence-electron chi connectivity index (χ3n) is 4.36. The van der Waals surface area contributed by atoms with Crippen LogP contribution in [0.1, 0.15) is 37.2 Å². The van der Waals surface area contributed by atoms with Gasteiger partial charge in [0.25, 0.3) is 0 Å². The molecule has 2 nitrogen and oxygen atoms in total. The first-order valence-electron chi connectivity index (χ1n) is 7.33. The number of ether oxygens (including phenoxy) is 1. The number of hydrogen-bond acceptors (Lipinski definition) is 3. The number of methoxy groups -OCH3 is 1. The molecule has 1 N–H and O–H groups in total. The van der Waals surface area contributed by atoms with Crippen LogP contribution in [0.3, 0.4) is 0 Å². The minimum absolute atomic E-state index is 0.746. The molecule has 0 bridgehead atoms. The fourth-order valence-corrected chi connectivity index (χ4v) is 4.19. The summed E-state index contributed by atoms with van der Waals surface area (Å²) in [6, 6.07) is 10.1. The van der Waals surface area contributed by atoms with Crippen molar-refractivity contribution in [2.45, 2.75) is 43.7 Å². The molecule has 104 valence electrons. The Morgan fingerprint density at radius 1 is 1.16 bits per heavy atom. The summed E-state index contributed by atoms with van der Waals surface area (Å²) < 4.78 is 5.21. The highest BCUT2D eigenvalue weighted by Crippen LogP contribution is 2.38. The molecule has 0 amide bonds. The first-order valence-corrected chi connectivity index (χ1v) is 8.48. The molecule has 2 fully saturated rings. The third-order valence-corrected chi connectivity index (χ3v) is 5.57. The minimum atomic E-state index is 0.746. The van der Waals surface area contributed by atoms with Crippen LogP contribution in [0, 0.1) is 0 Å². The molecule has 19 heavy (non-hydrogen) atoms. The van der Waals surface area contributed by atoms with E-state index in [4.69, 9.17) is 4.74 Å². The Hall–Kier alpha value is -0.670. The smallest absolute Gasteiger partial charge is 0.118 e. The molecule has 1 aromatic carbocycles. The molecular weight excluding hydrogens is 254 g/mol. The number of nitrogens with one attached hydrogen (secondary N) is 1. The normalized spacial score (nSPS) is 30.7. The van der Waals surface area contributed by atoms with Crippen molar-refractivity contribution < 1.29 is 4.74 Å². The van der Waals surface area contributed by atoms with E-state index in [0.29, 0.717) is 0 Å². The summed E-state index contributed by atoms with van der Waals surface area (Å²) in [5.41, 5.74) is 1.47.